The number of carbonyl (C=O) groups is 1. The van der Waals surface area contributed by atoms with Gasteiger partial charge in [0.15, 0.2) is 0 Å². The molecule has 1 N–H and O–H groups in total. The first-order valence-electron chi connectivity index (χ1n) is 7.76. The fourth-order valence-corrected chi connectivity index (χ4v) is 3.24. The molecule has 0 saturated carbocycles. The van der Waals surface area contributed by atoms with Crippen molar-refractivity contribution >= 4 is 28.4 Å². The quantitative estimate of drug-likeness (QED) is 0.683. The Morgan fingerprint density at radius 2 is 1.75 bits per heavy atom. The fourth-order valence-electron chi connectivity index (χ4n) is 2.51. The van der Waals surface area contributed by atoms with E-state index in [0.29, 0.717) is 12.3 Å². The van der Waals surface area contributed by atoms with Crippen molar-refractivity contribution in [2.45, 2.75) is 11.4 Å². The van der Waals surface area contributed by atoms with Crippen LogP contribution in [-0.4, -0.2) is 18.8 Å². The van der Waals surface area contributed by atoms with E-state index in [2.05, 4.69) is 29.6 Å². The van der Waals surface area contributed by atoms with E-state index >= 15 is 0 Å². The molecule has 122 valence electrons. The van der Waals surface area contributed by atoms with Gasteiger partial charge in [-0.05, 0) is 40.6 Å². The maximum Gasteiger partial charge on any atom is 0.230 e. The molecule has 3 rings (SSSR count). The summed E-state index contributed by atoms with van der Waals surface area (Å²) in [6.45, 7) is 0.545. The van der Waals surface area contributed by atoms with Gasteiger partial charge in [-0.25, -0.2) is 0 Å². The molecule has 0 saturated heterocycles. The van der Waals surface area contributed by atoms with Crippen LogP contribution in [-0.2, 0) is 11.3 Å². The molecule has 3 nitrogen and oxygen atoms in total. The van der Waals surface area contributed by atoms with Gasteiger partial charge in [0.05, 0.1) is 12.9 Å². The van der Waals surface area contributed by atoms with Crippen molar-refractivity contribution in [3.05, 3.63) is 72.3 Å². The van der Waals surface area contributed by atoms with Gasteiger partial charge in [0.1, 0.15) is 5.75 Å². The maximum absolute atomic E-state index is 12.1. The van der Waals surface area contributed by atoms with Crippen molar-refractivity contribution in [2.24, 2.45) is 0 Å². The molecule has 0 aromatic heterocycles. The minimum atomic E-state index is 0.0313. The van der Waals surface area contributed by atoms with Crippen LogP contribution in [0.2, 0.25) is 0 Å². The molecule has 1 amide bonds. The summed E-state index contributed by atoms with van der Waals surface area (Å²) < 4.78 is 5.13. The molecular weight excluding hydrogens is 318 g/mol. The predicted octanol–water partition coefficient (Wildman–Crippen LogP) is 4.26. The van der Waals surface area contributed by atoms with E-state index in [1.807, 2.05) is 42.5 Å². The first kappa shape index (κ1) is 16.4. The highest BCUT2D eigenvalue weighted by molar-refractivity contribution is 8.00. The SMILES string of the molecule is COc1ccc(SCC(=O)NCc2cccc3ccccc23)cc1. The lowest BCUT2D eigenvalue weighted by molar-refractivity contribution is -0.118. The minimum absolute atomic E-state index is 0.0313. The Hall–Kier alpha value is -2.46. The smallest absolute Gasteiger partial charge is 0.230 e. The average Bonchev–Trinajstić information content (AvgIpc) is 2.65. The van der Waals surface area contributed by atoms with Crippen molar-refractivity contribution in [3.63, 3.8) is 0 Å². The molecule has 0 bridgehead atoms. The highest BCUT2D eigenvalue weighted by atomic mass is 32.2. The second-order valence-corrected chi connectivity index (χ2v) is 6.43. The summed E-state index contributed by atoms with van der Waals surface area (Å²) in [5.41, 5.74) is 1.14. The molecule has 0 spiro atoms. The standard InChI is InChI=1S/C20H19NO2S/c1-23-17-9-11-18(12-10-17)24-14-20(22)21-13-16-7-4-6-15-5-2-3-8-19(15)16/h2-12H,13-14H2,1H3,(H,21,22). The molecule has 0 heterocycles. The zero-order chi connectivity index (χ0) is 16.8. The first-order valence-corrected chi connectivity index (χ1v) is 8.75. The predicted molar refractivity (Wildman–Crippen MR) is 99.5 cm³/mol. The molecule has 3 aromatic rings. The summed E-state index contributed by atoms with van der Waals surface area (Å²) in [5, 5.41) is 5.37. The normalized spacial score (nSPS) is 10.5. The summed E-state index contributed by atoms with van der Waals surface area (Å²) in [6.07, 6.45) is 0. The van der Waals surface area contributed by atoms with Crippen molar-refractivity contribution in [1.29, 1.82) is 0 Å². The van der Waals surface area contributed by atoms with Gasteiger partial charge in [-0.3, -0.25) is 4.79 Å². The van der Waals surface area contributed by atoms with Crippen LogP contribution in [0.1, 0.15) is 5.56 Å². The van der Waals surface area contributed by atoms with Crippen LogP contribution in [0.3, 0.4) is 0 Å². The lowest BCUT2D eigenvalue weighted by Gasteiger charge is -2.08. The molecular formula is C20H19NO2S. The molecule has 4 heteroatoms. The average molecular weight is 337 g/mol. The molecule has 0 aliphatic heterocycles. The van der Waals surface area contributed by atoms with E-state index < -0.39 is 0 Å². The van der Waals surface area contributed by atoms with Gasteiger partial charge in [0, 0.05) is 11.4 Å². The van der Waals surface area contributed by atoms with E-state index in [4.69, 9.17) is 4.74 Å². The van der Waals surface area contributed by atoms with E-state index in [1.54, 1.807) is 7.11 Å². The summed E-state index contributed by atoms with van der Waals surface area (Å²) in [6, 6.07) is 22.1. The van der Waals surface area contributed by atoms with Crippen molar-refractivity contribution in [3.8, 4) is 5.75 Å². The number of amides is 1. The third-order valence-corrected chi connectivity index (χ3v) is 4.80. The molecule has 24 heavy (non-hydrogen) atoms. The van der Waals surface area contributed by atoms with Gasteiger partial charge in [-0.2, -0.15) is 0 Å². The summed E-state index contributed by atoms with van der Waals surface area (Å²) in [5.74, 6) is 1.25. The molecule has 0 aliphatic carbocycles. The zero-order valence-electron chi connectivity index (χ0n) is 13.5. The van der Waals surface area contributed by atoms with Crippen LogP contribution in [0.15, 0.2) is 71.6 Å². The number of benzene rings is 3. The van der Waals surface area contributed by atoms with Gasteiger partial charge in [0.2, 0.25) is 5.91 Å². The van der Waals surface area contributed by atoms with Crippen LogP contribution < -0.4 is 10.1 Å². The lowest BCUT2D eigenvalue weighted by atomic mass is 10.0. The van der Waals surface area contributed by atoms with Gasteiger partial charge < -0.3 is 10.1 Å². The van der Waals surface area contributed by atoms with Gasteiger partial charge >= 0.3 is 0 Å². The third kappa shape index (κ3) is 4.09. The molecule has 3 aromatic carbocycles. The Labute approximate surface area is 146 Å². The van der Waals surface area contributed by atoms with Crippen LogP contribution in [0.25, 0.3) is 10.8 Å². The Morgan fingerprint density at radius 3 is 2.54 bits per heavy atom. The molecule has 0 aliphatic rings. The maximum atomic E-state index is 12.1. The first-order chi connectivity index (χ1) is 11.8. The summed E-state index contributed by atoms with van der Waals surface area (Å²) >= 11 is 1.52. The van der Waals surface area contributed by atoms with Crippen LogP contribution in [0.5, 0.6) is 5.75 Å². The second-order valence-electron chi connectivity index (χ2n) is 5.38. The van der Waals surface area contributed by atoms with E-state index in [0.717, 1.165) is 16.2 Å². The van der Waals surface area contributed by atoms with Crippen LogP contribution in [0, 0.1) is 0 Å². The number of nitrogens with one attached hydrogen (secondary N) is 1. The molecule has 0 atom stereocenters. The molecule has 0 fully saturated rings. The van der Waals surface area contributed by atoms with Crippen LogP contribution in [0.4, 0.5) is 0 Å². The number of hydrogen-bond donors (Lipinski definition) is 1. The second kappa shape index (κ2) is 7.88. The van der Waals surface area contributed by atoms with E-state index in [1.165, 1.54) is 22.5 Å². The largest absolute Gasteiger partial charge is 0.497 e. The van der Waals surface area contributed by atoms with Crippen LogP contribution >= 0.6 is 11.8 Å². The van der Waals surface area contributed by atoms with Crippen molar-refractivity contribution in [2.75, 3.05) is 12.9 Å². The Balaban J connectivity index is 1.55. The fraction of sp³-hybridized carbons (Fsp3) is 0.150. The lowest BCUT2D eigenvalue weighted by Crippen LogP contribution is -2.24. The number of ether oxygens (including phenoxy) is 1. The monoisotopic (exact) mass is 337 g/mol. The number of methoxy groups -OCH3 is 1. The summed E-state index contributed by atoms with van der Waals surface area (Å²) in [4.78, 5) is 13.1. The number of hydrogen-bond acceptors (Lipinski definition) is 3. The van der Waals surface area contributed by atoms with Gasteiger partial charge in [-0.1, -0.05) is 42.5 Å². The molecule has 0 radical (unpaired) electrons. The minimum Gasteiger partial charge on any atom is -0.497 e. The van der Waals surface area contributed by atoms with Crippen molar-refractivity contribution < 1.29 is 9.53 Å². The van der Waals surface area contributed by atoms with E-state index in [-0.39, 0.29) is 5.91 Å². The molecule has 0 unspecified atom stereocenters. The van der Waals surface area contributed by atoms with Gasteiger partial charge in [-0.15, -0.1) is 11.8 Å². The third-order valence-electron chi connectivity index (χ3n) is 3.79. The topological polar surface area (TPSA) is 38.3 Å². The van der Waals surface area contributed by atoms with E-state index in [9.17, 15) is 4.79 Å². The Kier molecular flexibility index (Phi) is 5.39. The highest BCUT2D eigenvalue weighted by Crippen LogP contribution is 2.21. The number of carbonyl (C=O) groups excluding carboxylic acids is 1. The number of fused-ring (bicyclic) bond motifs is 1. The Bertz CT molecular complexity index is 825. The zero-order valence-corrected chi connectivity index (χ0v) is 14.3. The van der Waals surface area contributed by atoms with Gasteiger partial charge in [0.25, 0.3) is 0 Å². The highest BCUT2D eigenvalue weighted by Gasteiger charge is 2.05. The summed E-state index contributed by atoms with van der Waals surface area (Å²) in [7, 11) is 1.64. The number of rotatable bonds is 6. The Morgan fingerprint density at radius 1 is 1.00 bits per heavy atom. The van der Waals surface area contributed by atoms with Crippen molar-refractivity contribution in [1.82, 2.24) is 5.32 Å². The number of thioether (sulfide) groups is 1.